The van der Waals surface area contributed by atoms with Gasteiger partial charge in [0.1, 0.15) is 5.60 Å². The molecule has 0 radical (unpaired) electrons. The molecule has 0 saturated carbocycles. The maximum Gasteiger partial charge on any atom is 0.306 e. The van der Waals surface area contributed by atoms with Crippen molar-refractivity contribution < 1.29 is 19.1 Å². The van der Waals surface area contributed by atoms with Gasteiger partial charge in [0.25, 0.3) is 11.8 Å². The molecule has 0 aromatic heterocycles. The second-order valence-corrected chi connectivity index (χ2v) is 6.99. The zero-order valence-corrected chi connectivity index (χ0v) is 14.1. The SMILES string of the molecule is C[C@H](CCN1C(=O)c2ccccc2C1=O)CC(=O)OC(C)(C)C. The standard InChI is InChI=1S/C18H23NO4/c1-12(11-15(20)23-18(2,3)4)9-10-19-16(21)13-7-5-6-8-14(13)17(19)22/h5-8,12H,9-11H2,1-4H3/t12-/m1/s1. The summed E-state index contributed by atoms with van der Waals surface area (Å²) in [6.45, 7) is 7.72. The van der Waals surface area contributed by atoms with Crippen LogP contribution in [0.1, 0.15) is 61.3 Å². The van der Waals surface area contributed by atoms with Crippen molar-refractivity contribution in [1.82, 2.24) is 4.90 Å². The van der Waals surface area contributed by atoms with Crippen LogP contribution < -0.4 is 0 Å². The molecule has 5 nitrogen and oxygen atoms in total. The van der Waals surface area contributed by atoms with Gasteiger partial charge in [0, 0.05) is 13.0 Å². The van der Waals surface area contributed by atoms with Gasteiger partial charge in [0.2, 0.25) is 0 Å². The zero-order chi connectivity index (χ0) is 17.2. The van der Waals surface area contributed by atoms with E-state index >= 15 is 0 Å². The fourth-order valence-electron chi connectivity index (χ4n) is 2.56. The smallest absolute Gasteiger partial charge is 0.306 e. The van der Waals surface area contributed by atoms with Crippen molar-refractivity contribution in [3.63, 3.8) is 0 Å². The van der Waals surface area contributed by atoms with Crippen LogP contribution in [0.4, 0.5) is 0 Å². The maximum atomic E-state index is 12.2. The van der Waals surface area contributed by atoms with Crippen LogP contribution in [0, 0.1) is 5.92 Å². The molecule has 1 aromatic rings. The number of esters is 1. The number of amides is 2. The Morgan fingerprint density at radius 1 is 1.13 bits per heavy atom. The third-order valence-corrected chi connectivity index (χ3v) is 3.66. The van der Waals surface area contributed by atoms with Crippen LogP contribution in [0.25, 0.3) is 0 Å². The van der Waals surface area contributed by atoms with Crippen LogP contribution in [0.15, 0.2) is 24.3 Å². The van der Waals surface area contributed by atoms with E-state index in [1.54, 1.807) is 24.3 Å². The van der Waals surface area contributed by atoms with Crippen LogP contribution >= 0.6 is 0 Å². The number of benzene rings is 1. The molecule has 2 rings (SSSR count). The zero-order valence-electron chi connectivity index (χ0n) is 14.1. The molecule has 0 saturated heterocycles. The van der Waals surface area contributed by atoms with Gasteiger partial charge < -0.3 is 4.74 Å². The van der Waals surface area contributed by atoms with E-state index in [0.29, 0.717) is 24.1 Å². The Balaban J connectivity index is 1.89. The molecule has 23 heavy (non-hydrogen) atoms. The van der Waals surface area contributed by atoms with E-state index in [4.69, 9.17) is 4.74 Å². The Bertz CT molecular complexity index is 595. The first-order chi connectivity index (χ1) is 10.7. The Hall–Kier alpha value is -2.17. The van der Waals surface area contributed by atoms with E-state index in [9.17, 15) is 14.4 Å². The second kappa shape index (κ2) is 6.52. The number of nitrogens with zero attached hydrogens (tertiary/aromatic N) is 1. The van der Waals surface area contributed by atoms with E-state index in [1.165, 1.54) is 4.90 Å². The molecule has 1 atom stereocenters. The number of carbonyl (C=O) groups excluding carboxylic acids is 3. The molecule has 5 heteroatoms. The van der Waals surface area contributed by atoms with Crippen molar-refractivity contribution in [3.05, 3.63) is 35.4 Å². The average Bonchev–Trinajstić information content (AvgIpc) is 2.67. The van der Waals surface area contributed by atoms with Crippen LogP contribution in [-0.2, 0) is 9.53 Å². The highest BCUT2D eigenvalue weighted by Gasteiger charge is 2.34. The van der Waals surface area contributed by atoms with Crippen molar-refractivity contribution in [2.45, 2.75) is 46.1 Å². The largest absolute Gasteiger partial charge is 0.460 e. The van der Waals surface area contributed by atoms with Crippen LogP contribution in [0.3, 0.4) is 0 Å². The van der Waals surface area contributed by atoms with Crippen LogP contribution in [-0.4, -0.2) is 34.8 Å². The number of rotatable bonds is 5. The van der Waals surface area contributed by atoms with Crippen molar-refractivity contribution >= 4 is 17.8 Å². The van der Waals surface area contributed by atoms with Crippen LogP contribution in [0.5, 0.6) is 0 Å². The lowest BCUT2D eigenvalue weighted by atomic mass is 10.0. The summed E-state index contributed by atoms with van der Waals surface area (Å²) >= 11 is 0. The Labute approximate surface area is 136 Å². The first kappa shape index (κ1) is 17.2. The van der Waals surface area contributed by atoms with Crippen LogP contribution in [0.2, 0.25) is 0 Å². The summed E-state index contributed by atoms with van der Waals surface area (Å²) in [5, 5.41) is 0. The molecule has 0 bridgehead atoms. The second-order valence-electron chi connectivity index (χ2n) is 6.99. The van der Waals surface area contributed by atoms with E-state index in [-0.39, 0.29) is 30.1 Å². The predicted octanol–water partition coefficient (Wildman–Crippen LogP) is 3.04. The molecule has 1 heterocycles. The van der Waals surface area contributed by atoms with E-state index < -0.39 is 5.60 Å². The molecule has 1 aromatic carbocycles. The molecule has 1 aliphatic heterocycles. The summed E-state index contributed by atoms with van der Waals surface area (Å²) in [6.07, 6.45) is 0.852. The van der Waals surface area contributed by atoms with Gasteiger partial charge in [-0.15, -0.1) is 0 Å². The highest BCUT2D eigenvalue weighted by Crippen LogP contribution is 2.23. The number of fused-ring (bicyclic) bond motifs is 1. The molecule has 0 N–H and O–H groups in total. The normalized spacial score (nSPS) is 15.6. The Morgan fingerprint density at radius 3 is 2.13 bits per heavy atom. The summed E-state index contributed by atoms with van der Waals surface area (Å²) in [6, 6.07) is 6.83. The van der Waals surface area contributed by atoms with Gasteiger partial charge in [-0.1, -0.05) is 19.1 Å². The summed E-state index contributed by atoms with van der Waals surface area (Å²) in [5.41, 5.74) is 0.411. The number of carbonyl (C=O) groups is 3. The number of hydrogen-bond donors (Lipinski definition) is 0. The third-order valence-electron chi connectivity index (χ3n) is 3.66. The lowest BCUT2D eigenvalue weighted by Crippen LogP contribution is -2.32. The van der Waals surface area contributed by atoms with Crippen molar-refractivity contribution in [1.29, 1.82) is 0 Å². The minimum absolute atomic E-state index is 0.0363. The average molecular weight is 317 g/mol. The molecule has 0 unspecified atom stereocenters. The maximum absolute atomic E-state index is 12.2. The highest BCUT2D eigenvalue weighted by molar-refractivity contribution is 6.21. The molecule has 0 aliphatic carbocycles. The molecule has 0 fully saturated rings. The first-order valence-electron chi connectivity index (χ1n) is 7.86. The summed E-state index contributed by atoms with van der Waals surface area (Å²) in [5.74, 6) is -0.730. The molecule has 124 valence electrons. The predicted molar refractivity (Wildman–Crippen MR) is 86.1 cm³/mol. The van der Waals surface area contributed by atoms with Gasteiger partial charge >= 0.3 is 5.97 Å². The molecular weight excluding hydrogens is 294 g/mol. The van der Waals surface area contributed by atoms with Gasteiger partial charge in [-0.2, -0.15) is 0 Å². The number of imide groups is 1. The summed E-state index contributed by atoms with van der Waals surface area (Å²) in [7, 11) is 0. The molecule has 1 aliphatic rings. The molecule has 0 spiro atoms. The summed E-state index contributed by atoms with van der Waals surface area (Å²) < 4.78 is 5.29. The lowest BCUT2D eigenvalue weighted by Gasteiger charge is -2.21. The monoisotopic (exact) mass is 317 g/mol. The van der Waals surface area contributed by atoms with Gasteiger partial charge in [-0.05, 0) is 45.2 Å². The number of hydrogen-bond acceptors (Lipinski definition) is 4. The van der Waals surface area contributed by atoms with E-state index in [2.05, 4.69) is 0 Å². The first-order valence-corrected chi connectivity index (χ1v) is 7.86. The topological polar surface area (TPSA) is 63.7 Å². The van der Waals surface area contributed by atoms with Gasteiger partial charge in [0.05, 0.1) is 11.1 Å². The van der Waals surface area contributed by atoms with Crippen molar-refractivity contribution in [3.8, 4) is 0 Å². The lowest BCUT2D eigenvalue weighted by molar-refractivity contribution is -0.155. The van der Waals surface area contributed by atoms with Crippen molar-refractivity contribution in [2.75, 3.05) is 6.54 Å². The fraction of sp³-hybridized carbons (Fsp3) is 0.500. The van der Waals surface area contributed by atoms with Gasteiger partial charge in [-0.3, -0.25) is 19.3 Å². The minimum Gasteiger partial charge on any atom is -0.460 e. The Kier molecular flexibility index (Phi) is 4.88. The van der Waals surface area contributed by atoms with E-state index in [1.807, 2.05) is 27.7 Å². The third kappa shape index (κ3) is 4.18. The number of ether oxygens (including phenoxy) is 1. The minimum atomic E-state index is -0.501. The summed E-state index contributed by atoms with van der Waals surface area (Å²) in [4.78, 5) is 37.5. The van der Waals surface area contributed by atoms with E-state index in [0.717, 1.165) is 0 Å². The Morgan fingerprint density at radius 2 is 1.65 bits per heavy atom. The molecular formula is C18H23NO4. The quantitative estimate of drug-likeness (QED) is 0.618. The fourth-order valence-corrected chi connectivity index (χ4v) is 2.56. The van der Waals surface area contributed by atoms with Gasteiger partial charge in [0.15, 0.2) is 0 Å². The molecule has 2 amide bonds. The van der Waals surface area contributed by atoms with Gasteiger partial charge in [-0.25, -0.2) is 0 Å². The highest BCUT2D eigenvalue weighted by atomic mass is 16.6. The van der Waals surface area contributed by atoms with Crippen molar-refractivity contribution in [2.24, 2.45) is 5.92 Å².